The number of hydrogen-bond acceptors (Lipinski definition) is 5. The van der Waals surface area contributed by atoms with Gasteiger partial charge in [-0.3, -0.25) is 4.79 Å². The Morgan fingerprint density at radius 1 is 1.08 bits per heavy atom. The maximum atomic E-state index is 11.9. The summed E-state index contributed by atoms with van der Waals surface area (Å²) >= 11 is 0. The van der Waals surface area contributed by atoms with Gasteiger partial charge in [0.2, 0.25) is 5.95 Å². The molecule has 2 N–H and O–H groups in total. The predicted octanol–water partition coefficient (Wildman–Crippen LogP) is 2.84. The lowest BCUT2D eigenvalue weighted by atomic mass is 10.0. The van der Waals surface area contributed by atoms with Crippen molar-refractivity contribution >= 4 is 5.95 Å². The number of nitrogen functional groups attached to an aromatic ring is 1. The normalized spacial score (nSPS) is 11.0. The molecule has 0 saturated heterocycles. The highest BCUT2D eigenvalue weighted by Gasteiger charge is 2.14. The first-order chi connectivity index (χ1) is 11.5. The van der Waals surface area contributed by atoms with Crippen molar-refractivity contribution in [2.75, 3.05) is 5.73 Å². The molecule has 0 aliphatic rings. The van der Waals surface area contributed by atoms with Crippen molar-refractivity contribution in [2.45, 2.75) is 26.8 Å². The summed E-state index contributed by atoms with van der Waals surface area (Å²) in [4.78, 5) is 20.4. The number of anilines is 1. The lowest BCUT2D eigenvalue weighted by Gasteiger charge is -2.12. The van der Waals surface area contributed by atoms with E-state index >= 15 is 0 Å². The number of rotatable bonds is 3. The third-order valence-corrected chi connectivity index (χ3v) is 3.72. The summed E-state index contributed by atoms with van der Waals surface area (Å²) in [6.45, 7) is 5.86. The van der Waals surface area contributed by atoms with Crippen LogP contribution in [0.25, 0.3) is 22.5 Å². The van der Waals surface area contributed by atoms with Gasteiger partial charge in [-0.15, -0.1) is 0 Å². The van der Waals surface area contributed by atoms with Gasteiger partial charge in [-0.05, 0) is 26.8 Å². The zero-order valence-electron chi connectivity index (χ0n) is 13.9. The van der Waals surface area contributed by atoms with E-state index in [0.717, 1.165) is 16.7 Å². The van der Waals surface area contributed by atoms with Crippen molar-refractivity contribution in [3.05, 3.63) is 58.5 Å². The average Bonchev–Trinajstić information content (AvgIpc) is 2.56. The van der Waals surface area contributed by atoms with Gasteiger partial charge in [0.1, 0.15) is 0 Å². The zero-order valence-corrected chi connectivity index (χ0v) is 13.9. The molecule has 0 aliphatic heterocycles. The molecule has 0 spiro atoms. The number of nitrogens with two attached hydrogens (primary N) is 1. The molecule has 3 aromatic rings. The SMILES string of the molecule is Cc1ccc(-c2nc(N)ncc2-c2ccc(=O)n(C(C)C)n2)cc1. The third kappa shape index (κ3) is 3.03. The molecule has 2 aromatic heterocycles. The molecule has 0 aliphatic carbocycles. The number of aromatic nitrogens is 4. The fourth-order valence-corrected chi connectivity index (χ4v) is 2.45. The van der Waals surface area contributed by atoms with E-state index in [0.29, 0.717) is 11.4 Å². The fraction of sp³-hybridized carbons (Fsp3) is 0.222. The van der Waals surface area contributed by atoms with E-state index in [2.05, 4.69) is 15.1 Å². The standard InChI is InChI=1S/C18H19N5O/c1-11(2)23-16(24)9-8-15(22-23)14-10-20-18(19)21-17(14)13-6-4-12(3)5-7-13/h4-11H,1-3H3,(H2,19,20,21). The minimum atomic E-state index is -0.137. The summed E-state index contributed by atoms with van der Waals surface area (Å²) in [6.07, 6.45) is 1.65. The van der Waals surface area contributed by atoms with Gasteiger partial charge < -0.3 is 5.73 Å². The van der Waals surface area contributed by atoms with Crippen LogP contribution in [0.4, 0.5) is 5.95 Å². The van der Waals surface area contributed by atoms with Crippen LogP contribution >= 0.6 is 0 Å². The molecule has 24 heavy (non-hydrogen) atoms. The van der Waals surface area contributed by atoms with E-state index in [-0.39, 0.29) is 17.5 Å². The molecule has 3 rings (SSSR count). The molecule has 0 saturated carbocycles. The number of hydrogen-bond donors (Lipinski definition) is 1. The first-order valence-electron chi connectivity index (χ1n) is 7.75. The van der Waals surface area contributed by atoms with Gasteiger partial charge in [0, 0.05) is 23.4 Å². The van der Waals surface area contributed by atoms with Gasteiger partial charge in [0.15, 0.2) is 0 Å². The minimum Gasteiger partial charge on any atom is -0.368 e. The molecule has 0 radical (unpaired) electrons. The van der Waals surface area contributed by atoms with Gasteiger partial charge in [-0.2, -0.15) is 5.10 Å². The van der Waals surface area contributed by atoms with Crippen LogP contribution in [0.3, 0.4) is 0 Å². The van der Waals surface area contributed by atoms with Crippen LogP contribution in [-0.4, -0.2) is 19.7 Å². The monoisotopic (exact) mass is 321 g/mol. The summed E-state index contributed by atoms with van der Waals surface area (Å²) < 4.78 is 1.45. The molecule has 0 bridgehead atoms. The Bertz CT molecular complexity index is 929. The predicted molar refractivity (Wildman–Crippen MR) is 94.5 cm³/mol. The van der Waals surface area contributed by atoms with E-state index in [1.165, 1.54) is 10.7 Å². The number of nitrogens with zero attached hydrogens (tertiary/aromatic N) is 4. The van der Waals surface area contributed by atoms with Crippen LogP contribution in [0.15, 0.2) is 47.4 Å². The maximum absolute atomic E-state index is 11.9. The van der Waals surface area contributed by atoms with Crippen LogP contribution < -0.4 is 11.3 Å². The molecule has 0 unspecified atom stereocenters. The van der Waals surface area contributed by atoms with E-state index < -0.39 is 0 Å². The van der Waals surface area contributed by atoms with E-state index in [1.807, 2.05) is 45.0 Å². The van der Waals surface area contributed by atoms with Gasteiger partial charge in [-0.25, -0.2) is 14.6 Å². The van der Waals surface area contributed by atoms with Gasteiger partial charge in [-0.1, -0.05) is 29.8 Å². The average molecular weight is 321 g/mol. The second-order valence-electron chi connectivity index (χ2n) is 5.95. The number of aryl methyl sites for hydroxylation is 1. The highest BCUT2D eigenvalue weighted by Crippen LogP contribution is 2.29. The molecule has 6 heteroatoms. The Kier molecular flexibility index (Phi) is 4.12. The maximum Gasteiger partial charge on any atom is 0.267 e. The van der Waals surface area contributed by atoms with Crippen LogP contribution in [0.1, 0.15) is 25.5 Å². The van der Waals surface area contributed by atoms with E-state index in [4.69, 9.17) is 5.73 Å². The Morgan fingerprint density at radius 3 is 2.46 bits per heavy atom. The van der Waals surface area contributed by atoms with Gasteiger partial charge in [0.25, 0.3) is 5.56 Å². The van der Waals surface area contributed by atoms with E-state index in [9.17, 15) is 4.79 Å². The van der Waals surface area contributed by atoms with Crippen molar-refractivity contribution in [1.82, 2.24) is 19.7 Å². The summed E-state index contributed by atoms with van der Waals surface area (Å²) in [7, 11) is 0. The lowest BCUT2D eigenvalue weighted by Crippen LogP contribution is -2.24. The molecule has 0 fully saturated rings. The summed E-state index contributed by atoms with van der Waals surface area (Å²) in [5.41, 5.74) is 9.80. The summed E-state index contributed by atoms with van der Waals surface area (Å²) in [6, 6.07) is 11.2. The molecule has 0 atom stereocenters. The van der Waals surface area contributed by atoms with Gasteiger partial charge >= 0.3 is 0 Å². The largest absolute Gasteiger partial charge is 0.368 e. The first kappa shape index (κ1) is 15.9. The second kappa shape index (κ2) is 6.23. The Morgan fingerprint density at radius 2 is 1.79 bits per heavy atom. The van der Waals surface area contributed by atoms with Crippen LogP contribution in [0.2, 0.25) is 0 Å². The highest BCUT2D eigenvalue weighted by atomic mass is 16.1. The first-order valence-corrected chi connectivity index (χ1v) is 7.75. The molecular formula is C18H19N5O. The van der Waals surface area contributed by atoms with Crippen molar-refractivity contribution in [2.24, 2.45) is 0 Å². The second-order valence-corrected chi connectivity index (χ2v) is 5.95. The van der Waals surface area contributed by atoms with Crippen molar-refractivity contribution in [1.29, 1.82) is 0 Å². The highest BCUT2D eigenvalue weighted by molar-refractivity contribution is 5.78. The molecule has 122 valence electrons. The molecule has 0 amide bonds. The Balaban J connectivity index is 2.20. The summed E-state index contributed by atoms with van der Waals surface area (Å²) in [5.74, 6) is 0.200. The summed E-state index contributed by atoms with van der Waals surface area (Å²) in [5, 5.41) is 4.46. The van der Waals surface area contributed by atoms with Crippen molar-refractivity contribution < 1.29 is 0 Å². The topological polar surface area (TPSA) is 86.7 Å². The lowest BCUT2D eigenvalue weighted by molar-refractivity contribution is 0.505. The van der Waals surface area contributed by atoms with Gasteiger partial charge in [0.05, 0.1) is 17.4 Å². The Hall–Kier alpha value is -3.02. The van der Waals surface area contributed by atoms with Crippen LogP contribution in [0.5, 0.6) is 0 Å². The molecule has 1 aromatic carbocycles. The number of benzene rings is 1. The van der Waals surface area contributed by atoms with Crippen LogP contribution in [-0.2, 0) is 0 Å². The Labute approximate surface area is 140 Å². The fourth-order valence-electron chi connectivity index (χ4n) is 2.45. The molecular weight excluding hydrogens is 302 g/mol. The van der Waals surface area contributed by atoms with Crippen molar-refractivity contribution in [3.63, 3.8) is 0 Å². The van der Waals surface area contributed by atoms with Crippen molar-refractivity contribution in [3.8, 4) is 22.5 Å². The zero-order chi connectivity index (χ0) is 17.3. The van der Waals surface area contributed by atoms with Crippen LogP contribution in [0, 0.1) is 6.92 Å². The quantitative estimate of drug-likeness (QED) is 0.801. The minimum absolute atomic E-state index is 0.0324. The third-order valence-electron chi connectivity index (χ3n) is 3.72. The molecule has 2 heterocycles. The van der Waals surface area contributed by atoms with E-state index in [1.54, 1.807) is 12.3 Å². The molecule has 6 nitrogen and oxygen atoms in total. The smallest absolute Gasteiger partial charge is 0.267 e.